The van der Waals surface area contributed by atoms with Gasteiger partial charge in [0, 0.05) is 18.9 Å². The van der Waals surface area contributed by atoms with Gasteiger partial charge in [0.2, 0.25) is 6.29 Å². The van der Waals surface area contributed by atoms with E-state index in [9.17, 15) is 54.9 Å². The van der Waals surface area contributed by atoms with Gasteiger partial charge in [-0.05, 0) is 71.9 Å². The van der Waals surface area contributed by atoms with Gasteiger partial charge >= 0.3 is 23.9 Å². The van der Waals surface area contributed by atoms with E-state index in [0.717, 1.165) is 102 Å². The minimum Gasteiger partial charge on any atom is -0.457 e. The third-order valence-electron chi connectivity index (χ3n) is 19.1. The molecule has 0 bridgehead atoms. The Kier molecular flexibility index (Phi) is 33.1. The zero-order valence-electron chi connectivity index (χ0n) is 57.9. The van der Waals surface area contributed by atoms with Crippen LogP contribution in [0.3, 0.4) is 0 Å². The van der Waals surface area contributed by atoms with E-state index in [1.54, 1.807) is 51.1 Å². The van der Waals surface area contributed by atoms with E-state index in [1.807, 2.05) is 0 Å². The number of esters is 4. The summed E-state index contributed by atoms with van der Waals surface area (Å²) in [6.45, 7) is 15.0. The first-order chi connectivity index (χ1) is 46.0. The minimum absolute atomic E-state index is 0.0312. The van der Waals surface area contributed by atoms with Gasteiger partial charge in [-0.3, -0.25) is 14.4 Å². The quantitative estimate of drug-likeness (QED) is 0.0208. The van der Waals surface area contributed by atoms with Crippen LogP contribution in [0.5, 0.6) is 0 Å². The number of carbonyl (C=O) groups is 4. The number of unbranched alkanes of at least 4 members (excludes halogenated alkanes) is 10. The summed E-state index contributed by atoms with van der Waals surface area (Å²) in [5.74, 6) is -3.93. The van der Waals surface area contributed by atoms with Crippen molar-refractivity contribution in [2.24, 2.45) is 5.92 Å². The number of hydrogen-bond donors (Lipinski definition) is 7. The molecule has 0 amide bonds. The Balaban J connectivity index is 1.21. The summed E-state index contributed by atoms with van der Waals surface area (Å²) in [6, 6.07) is 8.87. The van der Waals surface area contributed by atoms with Crippen molar-refractivity contribution in [3.8, 4) is 0 Å². The molecule has 6 heterocycles. The second-order valence-electron chi connectivity index (χ2n) is 27.3. The highest BCUT2D eigenvalue weighted by Gasteiger charge is 2.59. The van der Waals surface area contributed by atoms with Gasteiger partial charge in [-0.15, -0.1) is 0 Å². The number of aliphatic hydroxyl groups is 7. The SMILES string of the molecule is CCCCCCCCCCCC(=O)O[C@@H]1[C@@H](O)[C@@H](OC(=O)/C=C/c2ccccc2)[C@H](O[C@@H]2[C@@H](O[C@@H]3O[C@@H](C)[C@H](O)[C@@H](O)[C@H]3O)[C@@H](OC(=O)C(C)C)[C@H](O[C@@H]3[C@@H](O)[C@H]4OC(=O)CCCCCCCCCC(CCCCC)O[C@H]5[C@H](O[C@@H]4O[C@H]3C)O[C@H](C)[C@H](O)[C@@H]5O)O[C@H]2C)O[C@H]1C. The summed E-state index contributed by atoms with van der Waals surface area (Å²) in [6.07, 6.45) is -17.2. The topological polar surface area (TPSA) is 339 Å². The van der Waals surface area contributed by atoms with E-state index in [0.29, 0.717) is 31.2 Å². The molecule has 0 radical (unpaired) electrons. The lowest BCUT2D eigenvalue weighted by Gasteiger charge is -2.51. The van der Waals surface area contributed by atoms with Crippen LogP contribution in [0.15, 0.2) is 36.4 Å². The number of carbonyl (C=O) groups excluding carboxylic acids is 4. The van der Waals surface area contributed by atoms with Crippen LogP contribution in [-0.4, -0.2) is 219 Å². The highest BCUT2D eigenvalue weighted by Crippen LogP contribution is 2.40. The molecule has 548 valence electrons. The summed E-state index contributed by atoms with van der Waals surface area (Å²) in [5, 5.41) is 81.5. The zero-order chi connectivity index (χ0) is 69.6. The summed E-state index contributed by atoms with van der Waals surface area (Å²) in [5.41, 5.74) is 0.648. The van der Waals surface area contributed by atoms with E-state index in [4.69, 9.17) is 66.3 Å². The van der Waals surface area contributed by atoms with Gasteiger partial charge in [0.15, 0.2) is 49.6 Å². The predicted molar refractivity (Wildman–Crippen MR) is 345 cm³/mol. The lowest BCUT2D eigenvalue weighted by atomic mass is 9.95. The van der Waals surface area contributed by atoms with E-state index in [1.165, 1.54) is 46.6 Å². The van der Waals surface area contributed by atoms with Gasteiger partial charge in [-0.2, -0.15) is 0 Å². The molecule has 1 unspecified atom stereocenters. The van der Waals surface area contributed by atoms with Crippen LogP contribution in [0.2, 0.25) is 0 Å². The normalized spacial score (nSPS) is 38.5. The van der Waals surface area contributed by atoms with Crippen LogP contribution in [0, 0.1) is 5.92 Å². The highest BCUT2D eigenvalue weighted by atomic mass is 16.8. The average Bonchev–Trinajstić information content (AvgIpc) is 0.769. The summed E-state index contributed by atoms with van der Waals surface area (Å²) in [7, 11) is 0. The molecule has 96 heavy (non-hydrogen) atoms. The Morgan fingerprint density at radius 2 is 1.03 bits per heavy atom. The van der Waals surface area contributed by atoms with Crippen LogP contribution in [0.25, 0.3) is 6.08 Å². The third-order valence-corrected chi connectivity index (χ3v) is 19.1. The molecule has 0 aliphatic carbocycles. The Morgan fingerprint density at radius 1 is 0.490 bits per heavy atom. The van der Waals surface area contributed by atoms with Crippen LogP contribution in [0.4, 0.5) is 0 Å². The molecule has 0 saturated carbocycles. The standard InChI is InChI=1S/C71H114O25/c1-10-12-14-15-16-17-20-23-30-36-48(72)89-58-43(7)85-68(62(56(58)80)91-50(74)39-38-46-32-27-25-28-33-46)94-60-45(9)87-71(65(92-66(82)40(3)4)64(60)95-67-55(79)53(77)51(75)41(5)83-67)93-59-44(8)86-70-63(57(59)81)90-49(73)37-31-24-21-18-19-22-29-35-47(34-26-13-11-2)88-61-54(78)52(76)42(6)84-69(61)96-70/h25,27-28,32-33,38-45,47,51-65,67-71,75-81H,10-24,26,29-31,34-37H2,1-9H3/b39-38+/t41-,42+,43-,44-,45-,47?,51-,52-,53+,54-,55+,56+,57+,58-,59-,60-,61+,62+,63+,64+,65+,67-,68-,69-,70-,71-/m0/s1. The fourth-order valence-electron chi connectivity index (χ4n) is 13.2. The Morgan fingerprint density at radius 3 is 1.71 bits per heavy atom. The predicted octanol–water partition coefficient (Wildman–Crippen LogP) is 7.21. The zero-order valence-corrected chi connectivity index (χ0v) is 57.9. The monoisotopic (exact) mass is 1370 g/mol. The molecular weight excluding hydrogens is 1250 g/mol. The first-order valence-electron chi connectivity index (χ1n) is 35.9. The molecule has 0 spiro atoms. The van der Waals surface area contributed by atoms with Gasteiger partial charge in [0.1, 0.15) is 67.1 Å². The molecule has 6 aliphatic heterocycles. The average molecular weight is 1370 g/mol. The molecule has 6 saturated heterocycles. The van der Waals surface area contributed by atoms with Crippen molar-refractivity contribution in [1.29, 1.82) is 0 Å². The first-order valence-corrected chi connectivity index (χ1v) is 35.9. The van der Waals surface area contributed by atoms with Crippen molar-refractivity contribution < 1.29 is 121 Å². The van der Waals surface area contributed by atoms with Crippen molar-refractivity contribution in [2.45, 2.75) is 370 Å². The Hall–Kier alpha value is -3.84. The number of hydrogen-bond acceptors (Lipinski definition) is 25. The van der Waals surface area contributed by atoms with E-state index in [-0.39, 0.29) is 18.9 Å². The molecule has 7 rings (SSSR count). The number of rotatable bonds is 26. The Labute approximate surface area is 566 Å². The summed E-state index contributed by atoms with van der Waals surface area (Å²) < 4.78 is 89.5. The number of ether oxygens (including phenoxy) is 14. The largest absolute Gasteiger partial charge is 0.457 e. The number of fused-ring (bicyclic) bond motifs is 2. The molecular formula is C71H114O25. The molecule has 7 N–H and O–H groups in total. The lowest BCUT2D eigenvalue weighted by molar-refractivity contribution is -0.403. The third kappa shape index (κ3) is 22.8. The minimum atomic E-state index is -1.95. The lowest BCUT2D eigenvalue weighted by Crippen LogP contribution is -2.68. The van der Waals surface area contributed by atoms with Crippen LogP contribution in [0.1, 0.15) is 216 Å². The van der Waals surface area contributed by atoms with Crippen molar-refractivity contribution in [1.82, 2.24) is 0 Å². The fourth-order valence-corrected chi connectivity index (χ4v) is 13.2. The Bertz CT molecular complexity index is 2470. The summed E-state index contributed by atoms with van der Waals surface area (Å²) in [4.78, 5) is 55.5. The molecule has 6 aliphatic rings. The maximum atomic E-state index is 14.2. The number of aliphatic hydroxyl groups excluding tert-OH is 7. The van der Waals surface area contributed by atoms with Crippen LogP contribution >= 0.6 is 0 Å². The molecule has 1 aromatic rings. The maximum absolute atomic E-state index is 14.2. The molecule has 6 fully saturated rings. The molecule has 25 heteroatoms. The van der Waals surface area contributed by atoms with Gasteiger partial charge in [-0.1, -0.05) is 167 Å². The fraction of sp³-hybridized carbons (Fsp3) is 0.831. The molecule has 1 aromatic carbocycles. The second-order valence-corrected chi connectivity index (χ2v) is 27.3. The van der Waals surface area contributed by atoms with Gasteiger partial charge < -0.3 is 102 Å². The van der Waals surface area contributed by atoms with Crippen LogP contribution in [-0.2, 0) is 85.5 Å². The van der Waals surface area contributed by atoms with E-state index in [2.05, 4.69) is 13.8 Å². The highest BCUT2D eigenvalue weighted by molar-refractivity contribution is 5.87. The van der Waals surface area contributed by atoms with E-state index < -0.39 is 183 Å². The summed E-state index contributed by atoms with van der Waals surface area (Å²) >= 11 is 0. The molecule has 25 nitrogen and oxygen atoms in total. The van der Waals surface area contributed by atoms with Gasteiger partial charge in [0.25, 0.3) is 0 Å². The van der Waals surface area contributed by atoms with Crippen LogP contribution < -0.4 is 0 Å². The van der Waals surface area contributed by atoms with E-state index >= 15 is 0 Å². The number of benzene rings is 1. The van der Waals surface area contributed by atoms with Crippen molar-refractivity contribution in [2.75, 3.05) is 0 Å². The van der Waals surface area contributed by atoms with Gasteiger partial charge in [0.05, 0.1) is 42.5 Å². The smallest absolute Gasteiger partial charge is 0.331 e. The second kappa shape index (κ2) is 40.0. The van der Waals surface area contributed by atoms with Crippen molar-refractivity contribution in [3.63, 3.8) is 0 Å². The van der Waals surface area contributed by atoms with Gasteiger partial charge in [-0.25, -0.2) is 4.79 Å². The van der Waals surface area contributed by atoms with Crippen molar-refractivity contribution in [3.05, 3.63) is 42.0 Å². The molecule has 0 aromatic heterocycles. The maximum Gasteiger partial charge on any atom is 0.331 e. The first kappa shape index (κ1) is 79.5. The molecule has 26 atom stereocenters. The van der Waals surface area contributed by atoms with Crippen molar-refractivity contribution >= 4 is 30.0 Å².